The lowest BCUT2D eigenvalue weighted by atomic mass is 10.1. The summed E-state index contributed by atoms with van der Waals surface area (Å²) in [5.74, 6) is -4.30. The van der Waals surface area contributed by atoms with E-state index in [4.69, 9.17) is 15.0 Å². The number of fused-ring (bicyclic) bond motifs is 1. The Morgan fingerprint density at radius 3 is 2.37 bits per heavy atom. The Balaban J connectivity index is 0.000000429. The lowest BCUT2D eigenvalue weighted by molar-refractivity contribution is -0.192. The molecule has 4 N–H and O–H groups in total. The van der Waals surface area contributed by atoms with Crippen molar-refractivity contribution in [2.75, 3.05) is 25.0 Å². The van der Waals surface area contributed by atoms with Gasteiger partial charge in [0.25, 0.3) is 0 Å². The number of nitrogens with one attached hydrogen (secondary N) is 2. The van der Waals surface area contributed by atoms with Crippen LogP contribution in [0.4, 0.5) is 23.2 Å². The lowest BCUT2D eigenvalue weighted by Crippen LogP contribution is -2.30. The minimum Gasteiger partial charge on any atom is -0.480 e. The van der Waals surface area contributed by atoms with Gasteiger partial charge < -0.3 is 15.5 Å². The molecule has 1 atom stereocenters. The molecule has 1 unspecified atom stereocenters. The average Bonchev–Trinajstić information content (AvgIpc) is 3.40. The van der Waals surface area contributed by atoms with Crippen LogP contribution < -0.4 is 5.32 Å². The first-order chi connectivity index (χ1) is 16.4. The molecule has 2 heterocycles. The number of nitrogens with zero attached hydrogens (tertiary/aromatic N) is 2. The molecular formula is C22H20F4N4O5. The van der Waals surface area contributed by atoms with Gasteiger partial charge in [-0.3, -0.25) is 19.6 Å². The number of hydrogen-bond donors (Lipinski definition) is 4. The molecular weight excluding hydrogens is 476 g/mol. The molecule has 13 heteroatoms. The van der Waals surface area contributed by atoms with Crippen molar-refractivity contribution in [3.05, 3.63) is 48.3 Å². The van der Waals surface area contributed by atoms with E-state index in [1.165, 1.54) is 12.1 Å². The highest BCUT2D eigenvalue weighted by atomic mass is 19.4. The van der Waals surface area contributed by atoms with Crippen molar-refractivity contribution in [3.8, 4) is 11.3 Å². The molecule has 9 nitrogen and oxygen atoms in total. The lowest BCUT2D eigenvalue weighted by Gasteiger charge is -2.13. The third-order valence-electron chi connectivity index (χ3n) is 5.19. The number of carbonyl (C=O) groups excluding carboxylic acids is 1. The van der Waals surface area contributed by atoms with Crippen molar-refractivity contribution < 1.29 is 42.2 Å². The van der Waals surface area contributed by atoms with E-state index < -0.39 is 18.1 Å². The minimum atomic E-state index is -5.08. The topological polar surface area (TPSA) is 136 Å². The number of aliphatic carboxylic acids is 2. The fourth-order valence-corrected chi connectivity index (χ4v) is 3.55. The Hall–Kier alpha value is -4.00. The van der Waals surface area contributed by atoms with Crippen molar-refractivity contribution in [2.24, 2.45) is 5.92 Å². The van der Waals surface area contributed by atoms with Gasteiger partial charge in [0, 0.05) is 23.2 Å². The number of carboxylic acid groups (broad SMARTS) is 2. The van der Waals surface area contributed by atoms with Crippen LogP contribution in [0.5, 0.6) is 0 Å². The molecule has 0 aliphatic carbocycles. The first-order valence-corrected chi connectivity index (χ1v) is 10.2. The summed E-state index contributed by atoms with van der Waals surface area (Å²) in [5.41, 5.74) is 2.92. The number of hydrogen-bond acceptors (Lipinski definition) is 5. The molecule has 1 aliphatic heterocycles. The smallest absolute Gasteiger partial charge is 0.480 e. The zero-order chi connectivity index (χ0) is 25.8. The van der Waals surface area contributed by atoms with Gasteiger partial charge >= 0.3 is 18.1 Å². The maximum absolute atomic E-state index is 13.1. The standard InChI is InChI=1S/C20H19FN4O3.C2HF3O2/c21-14-3-1-12(2-4-14)19-16-6-5-15(9-17(16)23-24-19)22-20(28)13-7-8-25(10-13)11-18(26)27;3-2(4,5)1(6)7/h1-6,9,13H,7-8,10-11H2,(H,22,28)(H,23,24)(H,26,27);(H,6,7). The molecule has 0 saturated carbocycles. The summed E-state index contributed by atoms with van der Waals surface area (Å²) in [4.78, 5) is 34.0. The zero-order valence-electron chi connectivity index (χ0n) is 18.0. The van der Waals surface area contributed by atoms with Crippen molar-refractivity contribution >= 4 is 34.4 Å². The summed E-state index contributed by atoms with van der Waals surface area (Å²) < 4.78 is 44.9. The van der Waals surface area contributed by atoms with E-state index in [1.807, 2.05) is 6.07 Å². The molecule has 0 radical (unpaired) electrons. The number of alkyl halides is 3. The molecule has 3 aromatic rings. The molecule has 1 fully saturated rings. The minimum absolute atomic E-state index is 0.0456. The van der Waals surface area contributed by atoms with E-state index in [9.17, 15) is 27.2 Å². The maximum atomic E-state index is 13.1. The van der Waals surface area contributed by atoms with E-state index >= 15 is 0 Å². The second kappa shape index (κ2) is 10.5. The van der Waals surface area contributed by atoms with Gasteiger partial charge in [-0.2, -0.15) is 18.3 Å². The van der Waals surface area contributed by atoms with E-state index in [0.717, 1.165) is 16.5 Å². The molecule has 1 aliphatic rings. The molecule has 1 amide bonds. The van der Waals surface area contributed by atoms with E-state index in [1.54, 1.807) is 29.2 Å². The number of carbonyl (C=O) groups is 3. The van der Waals surface area contributed by atoms with Crippen LogP contribution >= 0.6 is 0 Å². The molecule has 1 aromatic heterocycles. The highest BCUT2D eigenvalue weighted by molar-refractivity contribution is 5.98. The van der Waals surface area contributed by atoms with Crippen molar-refractivity contribution in [1.29, 1.82) is 0 Å². The summed E-state index contributed by atoms with van der Waals surface area (Å²) in [6, 6.07) is 11.6. The second-order valence-corrected chi connectivity index (χ2v) is 7.75. The molecule has 4 rings (SSSR count). The Kier molecular flexibility index (Phi) is 7.69. The number of amides is 1. The van der Waals surface area contributed by atoms with Gasteiger partial charge in [0.2, 0.25) is 5.91 Å². The van der Waals surface area contributed by atoms with Crippen LogP contribution in [-0.2, 0) is 14.4 Å². The zero-order valence-corrected chi connectivity index (χ0v) is 18.0. The molecule has 35 heavy (non-hydrogen) atoms. The third-order valence-corrected chi connectivity index (χ3v) is 5.19. The van der Waals surface area contributed by atoms with Gasteiger partial charge in [-0.25, -0.2) is 9.18 Å². The van der Waals surface area contributed by atoms with E-state index in [2.05, 4.69) is 15.5 Å². The number of rotatable bonds is 5. The number of aromatic amines is 1. The quantitative estimate of drug-likeness (QED) is 0.398. The first-order valence-electron chi connectivity index (χ1n) is 10.2. The predicted molar refractivity (Wildman–Crippen MR) is 116 cm³/mol. The van der Waals surface area contributed by atoms with Crippen LogP contribution in [0.15, 0.2) is 42.5 Å². The normalized spacial score (nSPS) is 15.9. The predicted octanol–water partition coefficient (Wildman–Crippen LogP) is 3.35. The van der Waals surface area contributed by atoms with E-state index in [-0.39, 0.29) is 24.2 Å². The van der Waals surface area contributed by atoms with Crippen LogP contribution in [0.1, 0.15) is 6.42 Å². The molecule has 1 saturated heterocycles. The highest BCUT2D eigenvalue weighted by Gasteiger charge is 2.38. The van der Waals surface area contributed by atoms with Crippen LogP contribution in [0.3, 0.4) is 0 Å². The average molecular weight is 496 g/mol. The summed E-state index contributed by atoms with van der Waals surface area (Å²) in [6.07, 6.45) is -4.44. The number of carboxylic acids is 2. The second-order valence-electron chi connectivity index (χ2n) is 7.75. The van der Waals surface area contributed by atoms with Crippen molar-refractivity contribution in [3.63, 3.8) is 0 Å². The van der Waals surface area contributed by atoms with Gasteiger partial charge in [0.05, 0.1) is 23.7 Å². The fourth-order valence-electron chi connectivity index (χ4n) is 3.55. The molecule has 0 spiro atoms. The Labute approximate surface area is 195 Å². The van der Waals surface area contributed by atoms with Crippen LogP contribution in [0.25, 0.3) is 22.2 Å². The Morgan fingerprint density at radius 1 is 1.11 bits per heavy atom. The van der Waals surface area contributed by atoms with Crippen LogP contribution in [-0.4, -0.2) is 69.0 Å². The molecule has 0 bridgehead atoms. The van der Waals surface area contributed by atoms with Crippen molar-refractivity contribution in [2.45, 2.75) is 12.6 Å². The Bertz CT molecular complexity index is 1230. The summed E-state index contributed by atoms with van der Waals surface area (Å²) in [6.45, 7) is 1.00. The largest absolute Gasteiger partial charge is 0.490 e. The van der Waals surface area contributed by atoms with Gasteiger partial charge in [0.15, 0.2) is 0 Å². The SMILES string of the molecule is O=C(O)C(F)(F)F.O=C(O)CN1CCC(C(=O)Nc2ccc3c(-c4ccc(F)cc4)n[nH]c3c2)C1. The number of halogens is 4. The number of benzene rings is 2. The van der Waals surface area contributed by atoms with Crippen molar-refractivity contribution in [1.82, 2.24) is 15.1 Å². The van der Waals surface area contributed by atoms with Crippen LogP contribution in [0, 0.1) is 11.7 Å². The fraction of sp³-hybridized carbons (Fsp3) is 0.273. The molecule has 2 aromatic carbocycles. The van der Waals surface area contributed by atoms with Gasteiger partial charge in [0.1, 0.15) is 5.82 Å². The third kappa shape index (κ3) is 6.76. The maximum Gasteiger partial charge on any atom is 0.490 e. The van der Waals surface area contributed by atoms with Gasteiger partial charge in [-0.1, -0.05) is 0 Å². The summed E-state index contributed by atoms with van der Waals surface area (Å²) >= 11 is 0. The Morgan fingerprint density at radius 2 is 1.77 bits per heavy atom. The molecule has 186 valence electrons. The van der Waals surface area contributed by atoms with Gasteiger partial charge in [-0.15, -0.1) is 0 Å². The number of anilines is 1. The summed E-state index contributed by atoms with van der Waals surface area (Å²) in [7, 11) is 0. The van der Waals surface area contributed by atoms with Gasteiger partial charge in [-0.05, 0) is 55.4 Å². The van der Waals surface area contributed by atoms with Crippen LogP contribution in [0.2, 0.25) is 0 Å². The highest BCUT2D eigenvalue weighted by Crippen LogP contribution is 2.28. The summed E-state index contributed by atoms with van der Waals surface area (Å²) in [5, 5.41) is 27.0. The number of likely N-dealkylation sites (tertiary alicyclic amines) is 1. The number of aromatic nitrogens is 2. The first kappa shape index (κ1) is 25.6. The monoisotopic (exact) mass is 496 g/mol. The number of H-pyrrole nitrogens is 1. The van der Waals surface area contributed by atoms with E-state index in [0.29, 0.717) is 30.9 Å².